The summed E-state index contributed by atoms with van der Waals surface area (Å²) in [5, 5.41) is 24.3. The van der Waals surface area contributed by atoms with Crippen LogP contribution in [0.25, 0.3) is 11.0 Å². The molecule has 0 spiro atoms. The Bertz CT molecular complexity index is 1010. The SMILES string of the molecule is Cc1c(C(=O)N/N=C/c2cc(Cl)cc(Cl)c2O)oc2cccc(O)c12. The third kappa shape index (κ3) is 3.26. The van der Waals surface area contributed by atoms with Crippen LogP contribution in [-0.4, -0.2) is 22.3 Å². The van der Waals surface area contributed by atoms with Gasteiger partial charge in [0.05, 0.1) is 16.6 Å². The number of carbonyl (C=O) groups excluding carboxylic acids is 1. The lowest BCUT2D eigenvalue weighted by molar-refractivity contribution is 0.0929. The molecule has 0 saturated carbocycles. The maximum atomic E-state index is 12.2. The van der Waals surface area contributed by atoms with Gasteiger partial charge in [-0.25, -0.2) is 5.43 Å². The lowest BCUT2D eigenvalue weighted by Crippen LogP contribution is -2.17. The fourth-order valence-electron chi connectivity index (χ4n) is 2.39. The minimum Gasteiger partial charge on any atom is -0.507 e. The van der Waals surface area contributed by atoms with Gasteiger partial charge in [-0.15, -0.1) is 0 Å². The summed E-state index contributed by atoms with van der Waals surface area (Å²) in [6.45, 7) is 1.66. The molecule has 1 amide bonds. The van der Waals surface area contributed by atoms with Crippen LogP contribution in [-0.2, 0) is 0 Å². The minimum absolute atomic E-state index is 0.0276. The summed E-state index contributed by atoms with van der Waals surface area (Å²) in [4.78, 5) is 12.2. The highest BCUT2D eigenvalue weighted by Gasteiger charge is 2.19. The van der Waals surface area contributed by atoms with Gasteiger partial charge in [-0.3, -0.25) is 4.79 Å². The van der Waals surface area contributed by atoms with Crippen LogP contribution >= 0.6 is 23.2 Å². The molecule has 3 rings (SSSR count). The van der Waals surface area contributed by atoms with Crippen molar-refractivity contribution >= 4 is 46.3 Å². The quantitative estimate of drug-likeness (QED) is 0.469. The molecule has 0 aliphatic heterocycles. The largest absolute Gasteiger partial charge is 0.507 e. The Hall–Kier alpha value is -2.70. The fraction of sp³-hybridized carbons (Fsp3) is 0.0588. The van der Waals surface area contributed by atoms with E-state index in [0.717, 1.165) is 0 Å². The Morgan fingerprint density at radius 2 is 2.04 bits per heavy atom. The number of furan rings is 1. The van der Waals surface area contributed by atoms with E-state index in [1.165, 1.54) is 24.4 Å². The van der Waals surface area contributed by atoms with Gasteiger partial charge in [-0.05, 0) is 31.2 Å². The number of aryl methyl sites for hydroxylation is 1. The third-order valence-electron chi connectivity index (χ3n) is 3.57. The maximum absolute atomic E-state index is 12.2. The second-order valence-electron chi connectivity index (χ2n) is 5.23. The van der Waals surface area contributed by atoms with Gasteiger partial charge >= 0.3 is 5.91 Å². The van der Waals surface area contributed by atoms with Crippen molar-refractivity contribution < 1.29 is 19.4 Å². The highest BCUT2D eigenvalue weighted by molar-refractivity contribution is 6.36. The summed E-state index contributed by atoms with van der Waals surface area (Å²) in [5.41, 5.74) is 3.43. The number of nitrogens with one attached hydrogen (secondary N) is 1. The molecule has 3 aromatic rings. The standard InChI is InChI=1S/C17H12Cl2N2O4/c1-8-14-12(22)3-2-4-13(14)25-16(8)17(24)21-20-7-9-5-10(18)6-11(19)15(9)23/h2-7,22-23H,1H3,(H,21,24)/b20-7+. The first kappa shape index (κ1) is 17.1. The highest BCUT2D eigenvalue weighted by Crippen LogP contribution is 2.32. The smallest absolute Gasteiger partial charge is 0.307 e. The van der Waals surface area contributed by atoms with Gasteiger partial charge in [-0.2, -0.15) is 5.10 Å². The van der Waals surface area contributed by atoms with Crippen molar-refractivity contribution in [3.8, 4) is 11.5 Å². The monoisotopic (exact) mass is 378 g/mol. The van der Waals surface area contributed by atoms with Crippen LogP contribution in [0, 0.1) is 6.92 Å². The molecular formula is C17H12Cl2N2O4. The first-order valence-corrected chi connectivity index (χ1v) is 7.86. The van der Waals surface area contributed by atoms with Crippen molar-refractivity contribution in [2.75, 3.05) is 0 Å². The maximum Gasteiger partial charge on any atom is 0.307 e. The predicted molar refractivity (Wildman–Crippen MR) is 95.8 cm³/mol. The van der Waals surface area contributed by atoms with E-state index < -0.39 is 5.91 Å². The third-order valence-corrected chi connectivity index (χ3v) is 4.07. The van der Waals surface area contributed by atoms with Crippen LogP contribution in [0.1, 0.15) is 21.7 Å². The van der Waals surface area contributed by atoms with Crippen molar-refractivity contribution in [2.24, 2.45) is 5.10 Å². The Kier molecular flexibility index (Phi) is 4.57. The molecule has 0 aliphatic carbocycles. The molecule has 0 saturated heterocycles. The van der Waals surface area contributed by atoms with Gasteiger partial charge in [0.25, 0.3) is 0 Å². The van der Waals surface area contributed by atoms with Crippen LogP contribution < -0.4 is 5.43 Å². The average molecular weight is 379 g/mol. The Morgan fingerprint density at radius 3 is 2.76 bits per heavy atom. The van der Waals surface area contributed by atoms with Crippen LogP contribution in [0.2, 0.25) is 10.0 Å². The van der Waals surface area contributed by atoms with Crippen molar-refractivity contribution in [3.63, 3.8) is 0 Å². The van der Waals surface area contributed by atoms with Gasteiger partial charge in [0.15, 0.2) is 5.76 Å². The molecule has 0 aliphatic rings. The summed E-state index contributed by atoms with van der Waals surface area (Å²) in [7, 11) is 0. The van der Waals surface area contributed by atoms with Crippen molar-refractivity contribution in [1.29, 1.82) is 0 Å². The number of aromatic hydroxyl groups is 2. The van der Waals surface area contributed by atoms with Crippen molar-refractivity contribution in [1.82, 2.24) is 5.43 Å². The topological polar surface area (TPSA) is 95.1 Å². The van der Waals surface area contributed by atoms with Gasteiger partial charge in [-0.1, -0.05) is 29.3 Å². The molecule has 0 atom stereocenters. The number of benzene rings is 2. The number of hydrazone groups is 1. The summed E-state index contributed by atoms with van der Waals surface area (Å²) in [6, 6.07) is 7.61. The number of halogens is 2. The summed E-state index contributed by atoms with van der Waals surface area (Å²) >= 11 is 11.7. The lowest BCUT2D eigenvalue weighted by Gasteiger charge is -2.02. The van der Waals surface area contributed by atoms with E-state index in [0.29, 0.717) is 21.6 Å². The zero-order valence-electron chi connectivity index (χ0n) is 12.9. The van der Waals surface area contributed by atoms with Gasteiger partial charge in [0, 0.05) is 16.1 Å². The number of amides is 1. The zero-order chi connectivity index (χ0) is 18.1. The van der Waals surface area contributed by atoms with E-state index >= 15 is 0 Å². The normalized spacial score (nSPS) is 11.3. The van der Waals surface area contributed by atoms with E-state index in [9.17, 15) is 15.0 Å². The molecule has 128 valence electrons. The number of hydrogen-bond donors (Lipinski definition) is 3. The number of rotatable bonds is 3. The van der Waals surface area contributed by atoms with E-state index in [2.05, 4.69) is 10.5 Å². The summed E-state index contributed by atoms with van der Waals surface area (Å²) in [6.07, 6.45) is 1.21. The number of fused-ring (bicyclic) bond motifs is 1. The predicted octanol–water partition coefficient (Wildman–Crippen LogP) is 4.22. The van der Waals surface area contributed by atoms with Crippen LogP contribution in [0.4, 0.5) is 0 Å². The first-order valence-electron chi connectivity index (χ1n) is 7.11. The van der Waals surface area contributed by atoms with Crippen molar-refractivity contribution in [2.45, 2.75) is 6.92 Å². The molecule has 0 unspecified atom stereocenters. The second-order valence-corrected chi connectivity index (χ2v) is 6.07. The Morgan fingerprint density at radius 1 is 1.28 bits per heavy atom. The fourth-order valence-corrected chi connectivity index (χ4v) is 2.90. The first-order chi connectivity index (χ1) is 11.9. The van der Waals surface area contributed by atoms with Crippen molar-refractivity contribution in [3.05, 3.63) is 57.3 Å². The number of phenolic OH excluding ortho intramolecular Hbond substituents is 2. The van der Waals surface area contributed by atoms with Crippen LogP contribution in [0.3, 0.4) is 0 Å². The molecule has 8 heteroatoms. The van der Waals surface area contributed by atoms with E-state index in [4.69, 9.17) is 27.6 Å². The minimum atomic E-state index is -0.600. The van der Waals surface area contributed by atoms with Gasteiger partial charge in [0.2, 0.25) is 0 Å². The molecule has 0 fully saturated rings. The number of nitrogens with zero attached hydrogens (tertiary/aromatic N) is 1. The highest BCUT2D eigenvalue weighted by atomic mass is 35.5. The molecule has 1 heterocycles. The zero-order valence-corrected chi connectivity index (χ0v) is 14.4. The molecule has 25 heavy (non-hydrogen) atoms. The molecule has 0 bridgehead atoms. The van der Waals surface area contributed by atoms with E-state index in [-0.39, 0.29) is 27.8 Å². The van der Waals surface area contributed by atoms with Crippen LogP contribution in [0.15, 0.2) is 39.9 Å². The molecule has 3 N–H and O–H groups in total. The van der Waals surface area contributed by atoms with E-state index in [1.54, 1.807) is 19.1 Å². The second kappa shape index (κ2) is 6.66. The van der Waals surface area contributed by atoms with Crippen LogP contribution in [0.5, 0.6) is 11.5 Å². The van der Waals surface area contributed by atoms with Gasteiger partial charge < -0.3 is 14.6 Å². The Labute approximate surface area is 152 Å². The lowest BCUT2D eigenvalue weighted by atomic mass is 10.1. The molecular weight excluding hydrogens is 367 g/mol. The summed E-state index contributed by atoms with van der Waals surface area (Å²) in [5.74, 6) is -0.743. The van der Waals surface area contributed by atoms with Gasteiger partial charge in [0.1, 0.15) is 17.1 Å². The summed E-state index contributed by atoms with van der Waals surface area (Å²) < 4.78 is 5.47. The number of carbonyl (C=O) groups is 1. The van der Waals surface area contributed by atoms with E-state index in [1.807, 2.05) is 0 Å². The number of phenols is 2. The molecule has 2 aromatic carbocycles. The Balaban J connectivity index is 1.84. The molecule has 0 radical (unpaired) electrons. The molecule has 1 aromatic heterocycles. The molecule has 6 nitrogen and oxygen atoms in total. The number of hydrogen-bond acceptors (Lipinski definition) is 5. The average Bonchev–Trinajstić information content (AvgIpc) is 2.90.